The van der Waals surface area contributed by atoms with E-state index >= 15 is 0 Å². The molecule has 0 radical (unpaired) electrons. The second-order valence-electron chi connectivity index (χ2n) is 14.9. The van der Waals surface area contributed by atoms with Crippen molar-refractivity contribution in [1.29, 1.82) is 0 Å². The smallest absolute Gasteiger partial charge is 0.487 e. The minimum Gasteiger partial charge on any atom is -0.508 e. The minimum atomic E-state index is -6.06. The van der Waals surface area contributed by atoms with Gasteiger partial charge in [-0.05, 0) is 72.8 Å². The summed E-state index contributed by atoms with van der Waals surface area (Å²) in [5.74, 6) is 38.9. The number of phenols is 2. The van der Waals surface area contributed by atoms with Gasteiger partial charge in [0.2, 0.25) is 0 Å². The third kappa shape index (κ3) is 26.9. The van der Waals surface area contributed by atoms with Crippen LogP contribution in [-0.4, -0.2) is 79.2 Å². The molecule has 464 valence electrons. The summed E-state index contributed by atoms with van der Waals surface area (Å²) in [4.78, 5) is 16.3. The second kappa shape index (κ2) is 33.6. The number of rotatable bonds is 3. The van der Waals surface area contributed by atoms with E-state index < -0.39 is 75.3 Å². The second-order valence-corrected chi connectivity index (χ2v) is 23.0. The summed E-state index contributed by atoms with van der Waals surface area (Å²) in [5, 5.41) is 20.9. The van der Waals surface area contributed by atoms with E-state index in [2.05, 4.69) is 123 Å². The van der Waals surface area contributed by atoms with Gasteiger partial charge in [-0.15, -0.1) is 0 Å². The number of phenolic OH excluding ortho intramolecular Hbond substituents is 2. The Hall–Kier alpha value is -10.0. The van der Waals surface area contributed by atoms with Gasteiger partial charge in [-0.25, -0.2) is 0 Å². The monoisotopic (exact) mass is 1350 g/mol. The molecule has 5 rings (SSSR count). The average Bonchev–Trinajstić information content (AvgIpc) is 0.923. The Kier molecular flexibility index (Phi) is 29.8. The molecule has 0 atom stereocenters. The fourth-order valence-corrected chi connectivity index (χ4v) is 10.4. The first kappa shape index (κ1) is 78.0. The van der Waals surface area contributed by atoms with Gasteiger partial charge >= 0.3 is 203 Å². The number of aromatic nitrogens is 1. The number of para-hydroxylation sites is 1. The Bertz CT molecular complexity index is 3650. The van der Waals surface area contributed by atoms with Crippen molar-refractivity contribution >= 4 is 47.7 Å². The van der Waals surface area contributed by atoms with E-state index in [1.807, 2.05) is 67.7 Å². The zero-order chi connectivity index (χ0) is 68.2. The molecule has 1 aromatic heterocycles. The fourth-order valence-electron chi connectivity index (χ4n) is 4.99. The van der Waals surface area contributed by atoms with Crippen LogP contribution in [0.1, 0.15) is 5.71 Å². The molecule has 0 bridgehead atoms. The van der Waals surface area contributed by atoms with Crippen LogP contribution in [0.15, 0.2) is 110 Å². The van der Waals surface area contributed by atoms with Gasteiger partial charge in [0.15, 0.2) is 20.1 Å². The number of nitrogens with zero attached hydrogens (tertiary/aromatic N) is 1. The van der Waals surface area contributed by atoms with E-state index in [4.69, 9.17) is 25.7 Å². The van der Waals surface area contributed by atoms with Gasteiger partial charge in [0.05, 0.1) is 27.3 Å². The molecule has 1 heterocycles. The molecule has 0 unspecified atom stereocenters. The molecular weight excluding hydrogens is 1320 g/mol. The van der Waals surface area contributed by atoms with Crippen molar-refractivity contribution in [2.75, 3.05) is 0 Å². The van der Waals surface area contributed by atoms with Gasteiger partial charge in [0.25, 0.3) is 0 Å². The first-order chi connectivity index (χ1) is 40.3. The minimum absolute atomic E-state index is 0. The van der Waals surface area contributed by atoms with Crippen LogP contribution in [0.5, 0.6) is 11.5 Å². The number of aromatic hydroxyl groups is 2. The summed E-state index contributed by atoms with van der Waals surface area (Å²) in [7, 11) is 1.47. The number of fused-ring (bicyclic) bond motifs is 2. The zero-order valence-electron chi connectivity index (χ0n) is 42.8. The summed E-state index contributed by atoms with van der Waals surface area (Å²) in [6.07, 6.45) is -28.3. The van der Waals surface area contributed by atoms with Crippen LogP contribution in [0.25, 0.3) is 21.8 Å². The molecule has 5 aromatic rings. The van der Waals surface area contributed by atoms with Crippen molar-refractivity contribution in [3.8, 4) is 150 Å². The number of aryl methyl sites for hydroxylation is 1. The predicted molar refractivity (Wildman–Crippen MR) is 285 cm³/mol. The van der Waals surface area contributed by atoms with Crippen molar-refractivity contribution in [2.24, 2.45) is 7.05 Å². The van der Waals surface area contributed by atoms with Crippen LogP contribution in [0, 0.1) is 138 Å². The third-order valence-electron chi connectivity index (χ3n) is 8.69. The van der Waals surface area contributed by atoms with E-state index in [9.17, 15) is 120 Å². The van der Waals surface area contributed by atoms with Gasteiger partial charge < -0.3 is 14.8 Å². The first-order valence-electron chi connectivity index (χ1n) is 21.7. The van der Waals surface area contributed by atoms with Crippen LogP contribution in [0.3, 0.4) is 0 Å². The largest absolute Gasteiger partial charge is 0.508 e. The molecule has 2 N–H and O–H groups in total. The number of benzene rings is 4. The molecule has 88 heavy (non-hydrogen) atoms. The van der Waals surface area contributed by atoms with Crippen LogP contribution in [-0.2, 0) is 17.9 Å². The number of alkyl halides is 24. The van der Waals surface area contributed by atoms with Gasteiger partial charge in [0.1, 0.15) is 11.5 Å². The van der Waals surface area contributed by atoms with E-state index in [0.717, 1.165) is 25.7 Å². The molecule has 0 saturated heterocycles. The van der Waals surface area contributed by atoms with E-state index in [0.29, 0.717) is 10.8 Å². The Labute approximate surface area is 494 Å². The average molecular weight is 1350 g/mol. The number of terminal acetylenes is 4. The van der Waals surface area contributed by atoms with Crippen molar-refractivity contribution < 1.29 is 121 Å². The fraction of sp³-hybridized carbons (Fsp3) is 0.155. The maximum atomic E-state index is 13.3. The number of pyridine rings is 1. The van der Waals surface area contributed by atoms with E-state index in [1.165, 1.54) is 0 Å². The Morgan fingerprint density at radius 2 is 0.636 bits per heavy atom. The third-order valence-corrected chi connectivity index (χ3v) is 15.8. The van der Waals surface area contributed by atoms with Gasteiger partial charge in [-0.2, -0.15) is 105 Å². The van der Waals surface area contributed by atoms with Crippen LogP contribution < -0.4 is 5.43 Å². The van der Waals surface area contributed by atoms with Crippen LogP contribution in [0.4, 0.5) is 105 Å². The Balaban J connectivity index is -0.000000367. The quantitative estimate of drug-likeness (QED) is 0.0622. The van der Waals surface area contributed by atoms with Crippen molar-refractivity contribution in [3.63, 3.8) is 0 Å². The van der Waals surface area contributed by atoms with Gasteiger partial charge in [-0.3, -0.25) is 4.79 Å². The van der Waals surface area contributed by atoms with Crippen LogP contribution in [0.2, 0.25) is 0 Å². The van der Waals surface area contributed by atoms with Crippen molar-refractivity contribution in [1.82, 2.24) is 4.57 Å². The summed E-state index contributed by atoms with van der Waals surface area (Å²) < 4.78 is 264. The molecule has 30 heteroatoms. The molecule has 0 amide bonds. The van der Waals surface area contributed by atoms with Gasteiger partial charge in [0, 0.05) is 24.2 Å². The van der Waals surface area contributed by atoms with Crippen molar-refractivity contribution in [2.45, 2.75) is 64.1 Å². The topological polar surface area (TPSA) is 62.5 Å². The molecule has 0 aliphatic heterocycles. The van der Waals surface area contributed by atoms with Crippen LogP contribution >= 0.6 is 0 Å². The predicted octanol–water partition coefficient (Wildman–Crippen LogP) is 14.8. The number of halogens is 24. The summed E-state index contributed by atoms with van der Waals surface area (Å²) in [5.41, 5.74) is 1.81. The van der Waals surface area contributed by atoms with Gasteiger partial charge in [-0.1, -0.05) is 12.1 Å². The summed E-state index contributed by atoms with van der Waals surface area (Å²) in [6.45, 7) is 0. The first-order valence-corrected chi connectivity index (χ1v) is 27.8. The number of hydrogen-bond donors (Lipinski definition) is 2. The molecule has 0 aliphatic rings. The molecule has 0 saturated carbocycles. The molecule has 0 fully saturated rings. The maximum Gasteiger partial charge on any atom is 0.487 e. The number of hydrogen-bond acceptors (Lipinski definition) is 3. The standard InChI is InChI=1S/C26H19NO3S.4C6H.4C2F6.Ga.4H2/c1-27-24-5-3-2-4-22(24)26(30)23-16-21(14-15-25(23)27)31(19-10-6-17(28)7-11-19)20-12-8-18(29)9-13-20;4*1-3-5-6-4-2;4*3-1(4,5)2(6,7)8;;;;;/h2-16H,1H3,(H-,28,29);4*1H;;;;;;4*1H/q;;;;;;;;;-1;;;;/p+1. The molecule has 0 spiro atoms. The maximum absolute atomic E-state index is 13.3. The molecule has 4 aromatic carbocycles. The zero-order valence-corrected chi connectivity index (χ0v) is 46.0. The molecular formula is C58H32F24GaNO3S. The SMILES string of the molecule is C#CC#CC#[C][Ga-]([C]#CC#CC#C)([C]#CC#CC#C)[C]#CC#CC#C.Cn1c2ccccc2c(=O)c2cc([S+](c3ccc(O)cc3)c3ccc(O)cc3)ccc21.FC(F)(F)C(F)(F)F.FC(F)(F)C(F)(F)F.FC(F)(F)C(F)(F)F.FC(F)(F)C(F)(F)F.[HH].[HH].[HH].[HH]. The molecule has 4 nitrogen and oxygen atoms in total. The Morgan fingerprint density at radius 3 is 0.909 bits per heavy atom. The molecule has 0 aliphatic carbocycles. The normalized spacial score (nSPS) is 10.7. The Morgan fingerprint density at radius 1 is 0.375 bits per heavy atom. The summed E-state index contributed by atoms with van der Waals surface area (Å²) in [6, 6.07) is 28.0. The van der Waals surface area contributed by atoms with E-state index in [1.54, 1.807) is 24.3 Å². The van der Waals surface area contributed by atoms with E-state index in [-0.39, 0.29) is 22.6 Å². The van der Waals surface area contributed by atoms with Crippen molar-refractivity contribution in [3.05, 3.63) is 101 Å². The summed E-state index contributed by atoms with van der Waals surface area (Å²) >= 11 is -3.91.